The lowest BCUT2D eigenvalue weighted by atomic mass is 10.2. The molecular formula is C26H22FN5O4. The van der Waals surface area contributed by atoms with Gasteiger partial charge in [0.2, 0.25) is 0 Å². The molecule has 0 aliphatic carbocycles. The Kier molecular flexibility index (Phi) is 7.15. The summed E-state index contributed by atoms with van der Waals surface area (Å²) < 4.78 is 20.4. The minimum Gasteiger partial charge on any atom is -0.457 e. The number of carbonyl (C=O) groups excluding carboxylic acids is 2. The van der Waals surface area contributed by atoms with Gasteiger partial charge in [0.25, 0.3) is 17.4 Å². The van der Waals surface area contributed by atoms with E-state index in [4.69, 9.17) is 4.74 Å². The van der Waals surface area contributed by atoms with Gasteiger partial charge >= 0.3 is 0 Å². The average molecular weight is 487 g/mol. The molecule has 4 aromatic rings. The van der Waals surface area contributed by atoms with Gasteiger partial charge in [0.05, 0.1) is 5.69 Å². The highest BCUT2D eigenvalue weighted by molar-refractivity contribution is 6.03. The maximum atomic E-state index is 13.6. The van der Waals surface area contributed by atoms with Crippen LogP contribution in [0.3, 0.4) is 0 Å². The number of hydrogen-bond acceptors (Lipinski definition) is 6. The predicted octanol–water partition coefficient (Wildman–Crippen LogP) is 3.87. The average Bonchev–Trinajstić information content (AvgIpc) is 2.85. The molecule has 0 atom stereocenters. The molecule has 36 heavy (non-hydrogen) atoms. The van der Waals surface area contributed by atoms with Crippen molar-refractivity contribution in [1.82, 2.24) is 20.1 Å². The number of pyridine rings is 1. The van der Waals surface area contributed by atoms with E-state index in [0.717, 1.165) is 10.7 Å². The Balaban J connectivity index is 1.49. The Bertz CT molecular complexity index is 1480. The van der Waals surface area contributed by atoms with Crippen LogP contribution in [0.4, 0.5) is 10.1 Å². The van der Waals surface area contributed by atoms with Crippen LogP contribution in [0.25, 0.3) is 5.69 Å². The van der Waals surface area contributed by atoms with E-state index in [1.807, 2.05) is 6.92 Å². The van der Waals surface area contributed by atoms with Crippen molar-refractivity contribution >= 4 is 17.5 Å². The van der Waals surface area contributed by atoms with Crippen LogP contribution in [0.15, 0.2) is 77.7 Å². The molecule has 2 N–H and O–H groups in total. The second-order valence-corrected chi connectivity index (χ2v) is 7.72. The summed E-state index contributed by atoms with van der Waals surface area (Å²) in [4.78, 5) is 41.3. The number of amides is 2. The van der Waals surface area contributed by atoms with Crippen LogP contribution < -0.4 is 20.9 Å². The fraction of sp³-hybridized carbons (Fsp3) is 0.115. The Morgan fingerprint density at radius 3 is 2.50 bits per heavy atom. The van der Waals surface area contributed by atoms with Crippen LogP contribution in [0.5, 0.6) is 11.5 Å². The van der Waals surface area contributed by atoms with Gasteiger partial charge < -0.3 is 15.4 Å². The summed E-state index contributed by atoms with van der Waals surface area (Å²) in [5, 5.41) is 9.56. The van der Waals surface area contributed by atoms with E-state index >= 15 is 0 Å². The first-order valence-corrected chi connectivity index (χ1v) is 11.0. The van der Waals surface area contributed by atoms with Crippen molar-refractivity contribution in [1.29, 1.82) is 0 Å². The highest BCUT2D eigenvalue weighted by atomic mass is 19.1. The van der Waals surface area contributed by atoms with Crippen molar-refractivity contribution in [2.75, 3.05) is 11.9 Å². The Hall–Kier alpha value is -4.86. The van der Waals surface area contributed by atoms with E-state index in [1.54, 1.807) is 37.3 Å². The summed E-state index contributed by atoms with van der Waals surface area (Å²) in [6.07, 6.45) is 1.48. The molecule has 0 bridgehead atoms. The molecular weight excluding hydrogens is 465 g/mol. The summed E-state index contributed by atoms with van der Waals surface area (Å²) in [5.41, 5.74) is 0.833. The maximum absolute atomic E-state index is 13.6. The number of ether oxygens (including phenoxy) is 1. The highest BCUT2D eigenvalue weighted by Crippen LogP contribution is 2.23. The van der Waals surface area contributed by atoms with Crippen molar-refractivity contribution in [3.8, 4) is 17.2 Å². The van der Waals surface area contributed by atoms with Crippen molar-refractivity contribution in [2.24, 2.45) is 0 Å². The molecule has 10 heteroatoms. The standard InChI is InChI=1S/C26H22FN5O4/c1-3-28-25(34)22-15-21(11-12-29-22)36-20-9-7-18(8-10-20)30-26(35)24-16(2)13-23(33)32(31-24)19-6-4-5-17(27)14-19/h4-15H,3H2,1-2H3,(H,28,34)(H,30,35). The number of carbonyl (C=O) groups is 2. The normalized spacial score (nSPS) is 10.5. The van der Waals surface area contributed by atoms with Gasteiger partial charge in [0, 0.05) is 30.6 Å². The number of rotatable bonds is 7. The van der Waals surface area contributed by atoms with Gasteiger partial charge in [-0.25, -0.2) is 4.39 Å². The van der Waals surface area contributed by atoms with E-state index in [-0.39, 0.29) is 23.0 Å². The second-order valence-electron chi connectivity index (χ2n) is 7.72. The van der Waals surface area contributed by atoms with Crippen LogP contribution in [-0.4, -0.2) is 33.1 Å². The Morgan fingerprint density at radius 1 is 1.00 bits per heavy atom. The largest absolute Gasteiger partial charge is 0.457 e. The Labute approximate surface area is 205 Å². The lowest BCUT2D eigenvalue weighted by Gasteiger charge is -2.11. The zero-order valence-corrected chi connectivity index (χ0v) is 19.5. The summed E-state index contributed by atoms with van der Waals surface area (Å²) >= 11 is 0. The molecule has 2 heterocycles. The van der Waals surface area contributed by atoms with Crippen LogP contribution in [0.1, 0.15) is 33.5 Å². The molecule has 9 nitrogen and oxygen atoms in total. The fourth-order valence-corrected chi connectivity index (χ4v) is 3.34. The van der Waals surface area contributed by atoms with Crippen molar-refractivity contribution in [2.45, 2.75) is 13.8 Å². The lowest BCUT2D eigenvalue weighted by Crippen LogP contribution is -2.26. The smallest absolute Gasteiger partial charge is 0.276 e. The molecule has 0 fully saturated rings. The number of halogens is 1. The number of nitrogens with zero attached hydrogens (tertiary/aromatic N) is 3. The first kappa shape index (κ1) is 24.3. The molecule has 0 radical (unpaired) electrons. The van der Waals surface area contributed by atoms with Crippen LogP contribution in [-0.2, 0) is 0 Å². The van der Waals surface area contributed by atoms with Gasteiger partial charge in [-0.3, -0.25) is 19.4 Å². The number of aryl methyl sites for hydroxylation is 1. The minimum atomic E-state index is -0.535. The third kappa shape index (κ3) is 5.61. The quantitative estimate of drug-likeness (QED) is 0.409. The number of anilines is 1. The first-order valence-electron chi connectivity index (χ1n) is 11.0. The SMILES string of the molecule is CCNC(=O)c1cc(Oc2ccc(NC(=O)c3nn(-c4cccc(F)c4)c(=O)cc3C)cc2)ccn1. The second kappa shape index (κ2) is 10.6. The predicted molar refractivity (Wildman–Crippen MR) is 131 cm³/mol. The number of aromatic nitrogens is 3. The molecule has 0 saturated carbocycles. The van der Waals surface area contributed by atoms with Crippen molar-refractivity contribution < 1.29 is 18.7 Å². The molecule has 2 aromatic heterocycles. The molecule has 2 amide bonds. The van der Waals surface area contributed by atoms with E-state index in [1.165, 1.54) is 36.5 Å². The number of nitrogens with one attached hydrogen (secondary N) is 2. The van der Waals surface area contributed by atoms with Gasteiger partial charge in [-0.1, -0.05) is 6.07 Å². The third-order valence-corrected chi connectivity index (χ3v) is 5.04. The van der Waals surface area contributed by atoms with E-state index in [2.05, 4.69) is 20.7 Å². The van der Waals surface area contributed by atoms with Crippen molar-refractivity contribution in [3.05, 3.63) is 106 Å². The van der Waals surface area contributed by atoms with Crippen LogP contribution >= 0.6 is 0 Å². The van der Waals surface area contributed by atoms with Crippen molar-refractivity contribution in [3.63, 3.8) is 0 Å². The lowest BCUT2D eigenvalue weighted by molar-refractivity contribution is 0.0949. The van der Waals surface area contributed by atoms with Gasteiger partial charge in [-0.2, -0.15) is 9.78 Å². The van der Waals surface area contributed by atoms with E-state index < -0.39 is 17.3 Å². The van der Waals surface area contributed by atoms with Crippen LogP contribution in [0.2, 0.25) is 0 Å². The van der Waals surface area contributed by atoms with Gasteiger partial charge in [-0.15, -0.1) is 0 Å². The van der Waals surface area contributed by atoms with Gasteiger partial charge in [0.15, 0.2) is 5.69 Å². The highest BCUT2D eigenvalue weighted by Gasteiger charge is 2.16. The third-order valence-electron chi connectivity index (χ3n) is 5.04. The number of benzene rings is 2. The molecule has 0 aliphatic heterocycles. The molecule has 0 spiro atoms. The van der Waals surface area contributed by atoms with Gasteiger partial charge in [0.1, 0.15) is 23.0 Å². The summed E-state index contributed by atoms with van der Waals surface area (Å²) in [6.45, 7) is 3.90. The minimum absolute atomic E-state index is 0.0221. The molecule has 4 rings (SSSR count). The monoisotopic (exact) mass is 487 g/mol. The Morgan fingerprint density at radius 2 is 1.78 bits per heavy atom. The van der Waals surface area contributed by atoms with E-state index in [9.17, 15) is 18.8 Å². The maximum Gasteiger partial charge on any atom is 0.276 e. The zero-order chi connectivity index (χ0) is 25.7. The van der Waals surface area contributed by atoms with E-state index in [0.29, 0.717) is 29.3 Å². The molecule has 2 aromatic carbocycles. The molecule has 0 aliphatic rings. The first-order chi connectivity index (χ1) is 17.3. The summed E-state index contributed by atoms with van der Waals surface area (Å²) in [7, 11) is 0. The summed E-state index contributed by atoms with van der Waals surface area (Å²) in [5.74, 6) is -0.444. The molecule has 0 unspecified atom stereocenters. The van der Waals surface area contributed by atoms with Crippen LogP contribution in [0, 0.1) is 12.7 Å². The topological polar surface area (TPSA) is 115 Å². The molecule has 0 saturated heterocycles. The van der Waals surface area contributed by atoms with Gasteiger partial charge in [-0.05, 0) is 67.9 Å². The summed E-state index contributed by atoms with van der Waals surface area (Å²) in [6, 6.07) is 16.4. The fourth-order valence-electron chi connectivity index (χ4n) is 3.34. The zero-order valence-electron chi connectivity index (χ0n) is 19.5. The molecule has 182 valence electrons. The number of hydrogen-bond donors (Lipinski definition) is 2.